The lowest BCUT2D eigenvalue weighted by Crippen LogP contribution is -2.28. The van der Waals surface area contributed by atoms with E-state index < -0.39 is 0 Å². The van der Waals surface area contributed by atoms with Crippen molar-refractivity contribution in [3.8, 4) is 0 Å². The van der Waals surface area contributed by atoms with Crippen LogP contribution in [0.15, 0.2) is 18.5 Å². The molecule has 0 aromatic carbocycles. The Bertz CT molecular complexity index is 595. The summed E-state index contributed by atoms with van der Waals surface area (Å²) in [6.07, 6.45) is 3.41. The summed E-state index contributed by atoms with van der Waals surface area (Å²) in [4.78, 5) is 15.3. The minimum atomic E-state index is -0.126. The van der Waals surface area contributed by atoms with E-state index in [1.165, 1.54) is 11.5 Å². The Kier molecular flexibility index (Phi) is 3.94. The number of carbonyl (C=O) groups is 1. The number of carbonyl (C=O) groups excluding carboxylic acids is 1. The lowest BCUT2D eigenvalue weighted by Gasteiger charge is -2.22. The first-order valence-corrected chi connectivity index (χ1v) is 7.28. The first-order chi connectivity index (χ1) is 9.30. The summed E-state index contributed by atoms with van der Waals surface area (Å²) in [5.74, 6) is -0.00796. The van der Waals surface area contributed by atoms with E-state index in [2.05, 4.69) is 30.2 Å². The molecular weight excluding hydrogens is 272 g/mol. The van der Waals surface area contributed by atoms with Crippen LogP contribution in [0.25, 0.3) is 0 Å². The van der Waals surface area contributed by atoms with Crippen molar-refractivity contribution in [2.75, 3.05) is 7.05 Å². The standard InChI is InChI=1S/C14H20N4OS/c1-10-12(8-15-18(10)14(2,3)4)13(19)17(5)9-11-6-7-16-20-11/h6-8H,9H2,1-5H3. The van der Waals surface area contributed by atoms with Gasteiger partial charge in [-0.3, -0.25) is 9.48 Å². The minimum absolute atomic E-state index is 0.00796. The summed E-state index contributed by atoms with van der Waals surface area (Å²) >= 11 is 1.41. The quantitative estimate of drug-likeness (QED) is 0.874. The first-order valence-electron chi connectivity index (χ1n) is 6.51. The summed E-state index contributed by atoms with van der Waals surface area (Å²) < 4.78 is 5.94. The van der Waals surface area contributed by atoms with Crippen LogP contribution in [-0.2, 0) is 12.1 Å². The maximum atomic E-state index is 12.5. The van der Waals surface area contributed by atoms with Crippen LogP contribution in [0.2, 0.25) is 0 Å². The average molecular weight is 292 g/mol. The molecule has 0 aliphatic heterocycles. The molecule has 2 aromatic rings. The molecule has 108 valence electrons. The number of aromatic nitrogens is 3. The fourth-order valence-electron chi connectivity index (χ4n) is 2.13. The normalized spacial score (nSPS) is 11.7. The highest BCUT2D eigenvalue weighted by atomic mass is 32.1. The van der Waals surface area contributed by atoms with Gasteiger partial charge in [0.2, 0.25) is 0 Å². The third-order valence-corrected chi connectivity index (χ3v) is 3.83. The smallest absolute Gasteiger partial charge is 0.257 e. The van der Waals surface area contributed by atoms with E-state index in [1.807, 2.05) is 17.7 Å². The molecule has 0 spiro atoms. The Morgan fingerprint density at radius 2 is 2.15 bits per heavy atom. The summed E-state index contributed by atoms with van der Waals surface area (Å²) in [5.41, 5.74) is 1.43. The third-order valence-electron chi connectivity index (χ3n) is 3.11. The second-order valence-corrected chi connectivity index (χ2v) is 6.78. The van der Waals surface area contributed by atoms with Gasteiger partial charge < -0.3 is 4.90 Å². The number of amides is 1. The molecule has 0 atom stereocenters. The van der Waals surface area contributed by atoms with Gasteiger partial charge in [0.05, 0.1) is 23.8 Å². The number of nitrogens with zero attached hydrogens (tertiary/aromatic N) is 4. The van der Waals surface area contributed by atoms with Gasteiger partial charge in [-0.05, 0) is 45.3 Å². The Hall–Kier alpha value is -1.69. The van der Waals surface area contributed by atoms with Gasteiger partial charge in [-0.25, -0.2) is 4.37 Å². The minimum Gasteiger partial charge on any atom is -0.336 e. The molecule has 5 nitrogen and oxygen atoms in total. The van der Waals surface area contributed by atoms with Crippen LogP contribution in [0.5, 0.6) is 0 Å². The Labute approximate surface area is 123 Å². The van der Waals surface area contributed by atoms with Crippen molar-refractivity contribution in [1.82, 2.24) is 19.1 Å². The molecule has 6 heteroatoms. The highest BCUT2D eigenvalue weighted by molar-refractivity contribution is 7.05. The second kappa shape index (κ2) is 5.36. The summed E-state index contributed by atoms with van der Waals surface area (Å²) in [5, 5.41) is 4.35. The van der Waals surface area contributed by atoms with Crippen LogP contribution in [-0.4, -0.2) is 32.0 Å². The topological polar surface area (TPSA) is 51.0 Å². The van der Waals surface area contributed by atoms with Gasteiger partial charge >= 0.3 is 0 Å². The van der Waals surface area contributed by atoms with Gasteiger partial charge in [0, 0.05) is 23.8 Å². The van der Waals surface area contributed by atoms with Crippen molar-refractivity contribution in [3.63, 3.8) is 0 Å². The van der Waals surface area contributed by atoms with Crippen molar-refractivity contribution >= 4 is 17.4 Å². The Morgan fingerprint density at radius 1 is 1.45 bits per heavy atom. The lowest BCUT2D eigenvalue weighted by atomic mass is 10.1. The van der Waals surface area contributed by atoms with Crippen LogP contribution in [0.3, 0.4) is 0 Å². The molecule has 0 radical (unpaired) electrons. The molecule has 2 rings (SSSR count). The fraction of sp³-hybridized carbons (Fsp3) is 0.500. The zero-order valence-electron chi connectivity index (χ0n) is 12.5. The maximum Gasteiger partial charge on any atom is 0.257 e. The summed E-state index contributed by atoms with van der Waals surface area (Å²) in [7, 11) is 1.80. The lowest BCUT2D eigenvalue weighted by molar-refractivity contribution is 0.0785. The molecule has 20 heavy (non-hydrogen) atoms. The highest BCUT2D eigenvalue weighted by Crippen LogP contribution is 2.20. The van der Waals surface area contributed by atoms with E-state index in [4.69, 9.17) is 0 Å². The van der Waals surface area contributed by atoms with E-state index >= 15 is 0 Å². The molecule has 1 amide bonds. The van der Waals surface area contributed by atoms with E-state index in [9.17, 15) is 4.79 Å². The van der Waals surface area contributed by atoms with Gasteiger partial charge in [0.1, 0.15) is 0 Å². The molecular formula is C14H20N4OS. The van der Waals surface area contributed by atoms with Crippen LogP contribution >= 0.6 is 11.5 Å². The second-order valence-electron chi connectivity index (χ2n) is 5.87. The Morgan fingerprint density at radius 3 is 2.65 bits per heavy atom. The van der Waals surface area contributed by atoms with E-state index in [0.29, 0.717) is 12.1 Å². The van der Waals surface area contributed by atoms with Gasteiger partial charge in [-0.1, -0.05) is 0 Å². The Balaban J connectivity index is 2.19. The first kappa shape index (κ1) is 14.7. The predicted molar refractivity (Wildman–Crippen MR) is 79.9 cm³/mol. The molecule has 0 unspecified atom stereocenters. The number of hydrogen-bond acceptors (Lipinski definition) is 4. The van der Waals surface area contributed by atoms with Gasteiger partial charge in [0.25, 0.3) is 5.91 Å². The SMILES string of the molecule is Cc1c(C(=O)N(C)Cc2ccns2)cnn1C(C)(C)C. The van der Waals surface area contributed by atoms with Crippen LogP contribution < -0.4 is 0 Å². The molecule has 0 N–H and O–H groups in total. The molecule has 0 bridgehead atoms. The van der Waals surface area contributed by atoms with Gasteiger partial charge in [-0.2, -0.15) is 5.10 Å². The molecule has 0 saturated heterocycles. The van der Waals surface area contributed by atoms with Crippen molar-refractivity contribution in [3.05, 3.63) is 34.6 Å². The highest BCUT2D eigenvalue weighted by Gasteiger charge is 2.23. The van der Waals surface area contributed by atoms with Crippen LogP contribution in [0, 0.1) is 6.92 Å². The molecule has 0 aliphatic rings. The zero-order chi connectivity index (χ0) is 14.9. The average Bonchev–Trinajstić information content (AvgIpc) is 2.96. The van der Waals surface area contributed by atoms with E-state index in [0.717, 1.165) is 10.6 Å². The number of rotatable bonds is 3. The van der Waals surface area contributed by atoms with Crippen LogP contribution in [0.1, 0.15) is 41.7 Å². The largest absolute Gasteiger partial charge is 0.336 e. The van der Waals surface area contributed by atoms with Crippen molar-refractivity contribution in [1.29, 1.82) is 0 Å². The van der Waals surface area contributed by atoms with E-state index in [1.54, 1.807) is 24.3 Å². The van der Waals surface area contributed by atoms with Crippen LogP contribution in [0.4, 0.5) is 0 Å². The molecule has 0 fully saturated rings. The van der Waals surface area contributed by atoms with Gasteiger partial charge in [0.15, 0.2) is 0 Å². The van der Waals surface area contributed by atoms with Crippen molar-refractivity contribution in [2.45, 2.75) is 39.8 Å². The maximum absolute atomic E-state index is 12.5. The summed E-state index contributed by atoms with van der Waals surface area (Å²) in [6.45, 7) is 8.72. The predicted octanol–water partition coefficient (Wildman–Crippen LogP) is 2.68. The third kappa shape index (κ3) is 2.90. The van der Waals surface area contributed by atoms with E-state index in [-0.39, 0.29) is 11.4 Å². The molecule has 0 aliphatic carbocycles. The molecule has 2 aromatic heterocycles. The molecule has 0 saturated carbocycles. The fourth-order valence-corrected chi connectivity index (χ4v) is 2.76. The molecule has 2 heterocycles. The summed E-state index contributed by atoms with van der Waals surface area (Å²) in [6, 6.07) is 1.93. The number of hydrogen-bond donors (Lipinski definition) is 0. The zero-order valence-corrected chi connectivity index (χ0v) is 13.4. The van der Waals surface area contributed by atoms with Crippen molar-refractivity contribution in [2.24, 2.45) is 0 Å². The van der Waals surface area contributed by atoms with Gasteiger partial charge in [-0.15, -0.1) is 0 Å². The van der Waals surface area contributed by atoms with Crippen molar-refractivity contribution < 1.29 is 4.79 Å². The monoisotopic (exact) mass is 292 g/mol.